The van der Waals surface area contributed by atoms with E-state index >= 15 is 0 Å². The number of ether oxygens (including phenoxy) is 1. The Kier molecular flexibility index (Phi) is 11.9. The zero-order valence-electron chi connectivity index (χ0n) is 22.8. The molecule has 0 saturated heterocycles. The van der Waals surface area contributed by atoms with Crippen LogP contribution in [0, 0.1) is 11.3 Å². The summed E-state index contributed by atoms with van der Waals surface area (Å²) < 4.78 is 5.11. The van der Waals surface area contributed by atoms with Crippen molar-refractivity contribution in [1.29, 1.82) is 5.26 Å². The van der Waals surface area contributed by atoms with Gasteiger partial charge in [0.05, 0.1) is 17.9 Å². The third kappa shape index (κ3) is 7.88. The summed E-state index contributed by atoms with van der Waals surface area (Å²) in [5.74, 6) is 0.437. The number of pyridine rings is 1. The van der Waals surface area contributed by atoms with Gasteiger partial charge in [-0.3, -0.25) is 14.7 Å². The van der Waals surface area contributed by atoms with Gasteiger partial charge in [-0.1, -0.05) is 13.0 Å². The average molecular weight is 520 g/mol. The van der Waals surface area contributed by atoms with Crippen LogP contribution in [0.5, 0.6) is 0 Å². The van der Waals surface area contributed by atoms with Gasteiger partial charge >= 0.3 is 6.03 Å². The molecular weight excluding hydrogens is 482 g/mol. The first-order chi connectivity index (χ1) is 18.3. The minimum atomic E-state index is -0.378. The van der Waals surface area contributed by atoms with E-state index in [1.807, 2.05) is 19.1 Å². The second kappa shape index (κ2) is 15.1. The van der Waals surface area contributed by atoms with Crippen LogP contribution in [0.15, 0.2) is 52.0 Å². The Hall–Kier alpha value is -4.23. The number of aromatic nitrogens is 1. The minimum Gasteiger partial charge on any atom is -0.402 e. The van der Waals surface area contributed by atoms with Crippen molar-refractivity contribution in [3.63, 3.8) is 0 Å². The number of nitrogens with one attached hydrogen (secondary N) is 2. The normalized spacial score (nSPS) is 15.1. The van der Waals surface area contributed by atoms with Crippen LogP contribution in [-0.2, 0) is 11.2 Å². The number of aryl methyl sites for hydroxylation is 1. The van der Waals surface area contributed by atoms with E-state index in [0.717, 1.165) is 18.4 Å². The van der Waals surface area contributed by atoms with Gasteiger partial charge in [0.15, 0.2) is 6.29 Å². The molecule has 2 rings (SSSR count). The summed E-state index contributed by atoms with van der Waals surface area (Å²) in [6.07, 6.45) is 9.85. The summed E-state index contributed by atoms with van der Waals surface area (Å²) >= 11 is 0. The van der Waals surface area contributed by atoms with Gasteiger partial charge in [0.2, 0.25) is 0 Å². The highest BCUT2D eigenvalue weighted by Gasteiger charge is 2.26. The highest BCUT2D eigenvalue weighted by Crippen LogP contribution is 2.30. The molecule has 1 aliphatic rings. The number of fused-ring (bicyclic) bond motifs is 1. The number of nitriles is 1. The molecule has 1 aromatic rings. The molecule has 0 saturated carbocycles. The average Bonchev–Trinajstić information content (AvgIpc) is 2.90. The Morgan fingerprint density at radius 2 is 2.16 bits per heavy atom. The molecule has 0 aromatic carbocycles. The molecule has 10 heteroatoms. The summed E-state index contributed by atoms with van der Waals surface area (Å²) in [6.45, 7) is 6.88. The number of methoxy groups -OCH3 is 1. The fraction of sp³-hybridized carbons (Fsp3) is 0.393. The van der Waals surface area contributed by atoms with Gasteiger partial charge in [0.25, 0.3) is 0 Å². The number of aliphatic imine (C=N–C) groups is 1. The lowest BCUT2D eigenvalue weighted by Gasteiger charge is -2.29. The van der Waals surface area contributed by atoms with Crippen LogP contribution in [0.25, 0.3) is 5.57 Å². The number of carbonyl (C=O) groups excluding carboxylic acids is 2. The van der Waals surface area contributed by atoms with Crippen molar-refractivity contribution >= 4 is 29.9 Å². The zero-order valence-corrected chi connectivity index (χ0v) is 22.8. The Morgan fingerprint density at radius 3 is 2.76 bits per heavy atom. The molecule has 0 unspecified atom stereocenters. The molecule has 0 spiro atoms. The molecule has 0 bridgehead atoms. The predicted molar refractivity (Wildman–Crippen MR) is 151 cm³/mol. The van der Waals surface area contributed by atoms with Crippen LogP contribution in [0.4, 0.5) is 10.6 Å². The van der Waals surface area contributed by atoms with Gasteiger partial charge < -0.3 is 21.1 Å². The fourth-order valence-corrected chi connectivity index (χ4v) is 3.95. The maximum absolute atomic E-state index is 13.3. The number of hydrogen-bond acceptors (Lipinski definition) is 8. The number of urea groups is 1. The molecule has 202 valence electrons. The number of rotatable bonds is 11. The summed E-state index contributed by atoms with van der Waals surface area (Å²) in [6, 6.07) is 3.68. The predicted octanol–water partition coefficient (Wildman–Crippen LogP) is 3.63. The molecule has 4 N–H and O–H groups in total. The molecule has 1 aliphatic heterocycles. The second-order valence-electron chi connectivity index (χ2n) is 8.69. The van der Waals surface area contributed by atoms with Crippen LogP contribution < -0.4 is 21.3 Å². The molecule has 0 aliphatic carbocycles. The van der Waals surface area contributed by atoms with E-state index in [1.54, 1.807) is 46.4 Å². The first-order valence-electron chi connectivity index (χ1n) is 12.5. The second-order valence-corrected chi connectivity index (χ2v) is 8.69. The first-order valence-corrected chi connectivity index (χ1v) is 12.5. The number of nitrogens with two attached hydrogens (primary N) is 1. The van der Waals surface area contributed by atoms with E-state index in [4.69, 9.17) is 10.5 Å². The first kappa shape index (κ1) is 30.0. The third-order valence-corrected chi connectivity index (χ3v) is 5.74. The van der Waals surface area contributed by atoms with Gasteiger partial charge in [0, 0.05) is 56.0 Å². The molecule has 0 radical (unpaired) electrons. The lowest BCUT2D eigenvalue weighted by Crippen LogP contribution is -2.43. The summed E-state index contributed by atoms with van der Waals surface area (Å²) in [5, 5.41) is 15.7. The third-order valence-electron chi connectivity index (χ3n) is 5.74. The maximum atomic E-state index is 13.3. The highest BCUT2D eigenvalue weighted by molar-refractivity contribution is 6.13. The number of aldehydes is 1. The number of amides is 2. The largest absolute Gasteiger partial charge is 0.402 e. The van der Waals surface area contributed by atoms with Gasteiger partial charge in [-0.25, -0.2) is 9.78 Å². The van der Waals surface area contributed by atoms with Crippen molar-refractivity contribution in [1.82, 2.24) is 15.6 Å². The van der Waals surface area contributed by atoms with E-state index < -0.39 is 0 Å². The number of nitrogens with zero attached hydrogens (tertiary/aromatic N) is 4. The van der Waals surface area contributed by atoms with Gasteiger partial charge in [-0.2, -0.15) is 5.26 Å². The number of allylic oxidation sites excluding steroid dienone is 7. The number of anilines is 1. The van der Waals surface area contributed by atoms with E-state index in [0.29, 0.717) is 72.0 Å². The molecule has 1 aromatic heterocycles. The van der Waals surface area contributed by atoms with E-state index in [1.165, 1.54) is 4.90 Å². The summed E-state index contributed by atoms with van der Waals surface area (Å²) in [5.41, 5.74) is 10.4. The lowest BCUT2D eigenvalue weighted by molar-refractivity contribution is 0.111. The van der Waals surface area contributed by atoms with E-state index in [-0.39, 0.29) is 11.7 Å². The topological polar surface area (TPSA) is 146 Å². The van der Waals surface area contributed by atoms with Crippen LogP contribution in [0.2, 0.25) is 0 Å². The van der Waals surface area contributed by atoms with E-state index in [9.17, 15) is 14.9 Å². The van der Waals surface area contributed by atoms with Crippen molar-refractivity contribution in [3.05, 3.63) is 63.8 Å². The van der Waals surface area contributed by atoms with Gasteiger partial charge in [-0.05, 0) is 56.9 Å². The van der Waals surface area contributed by atoms with Gasteiger partial charge in [-0.15, -0.1) is 0 Å². The van der Waals surface area contributed by atoms with Crippen molar-refractivity contribution in [2.45, 2.75) is 40.0 Å². The minimum absolute atomic E-state index is 0.185. The number of carbonyl (C=O) groups is 2. The Balaban J connectivity index is 2.41. The molecule has 0 atom stereocenters. The number of hydrogen-bond donors (Lipinski definition) is 3. The smallest absolute Gasteiger partial charge is 0.327 e. The van der Waals surface area contributed by atoms with Crippen LogP contribution in [0.1, 0.15) is 55.2 Å². The summed E-state index contributed by atoms with van der Waals surface area (Å²) in [4.78, 5) is 35.4. The molecule has 2 amide bonds. The van der Waals surface area contributed by atoms with Crippen LogP contribution in [0.3, 0.4) is 0 Å². The maximum Gasteiger partial charge on any atom is 0.327 e. The summed E-state index contributed by atoms with van der Waals surface area (Å²) in [7, 11) is 3.23. The Labute approximate surface area is 224 Å². The molecule has 38 heavy (non-hydrogen) atoms. The van der Waals surface area contributed by atoms with Crippen molar-refractivity contribution in [2.24, 2.45) is 10.7 Å². The SMILES string of the molecule is CC/C=C/C(C#N)=C(\C=C(/C)NC(=O)N1CCCc2cc(C(C=NC)=C(C)N)c(C=O)nc21)NCCOC. The standard InChI is InChI=1S/C28H37N7O3/c1-6-7-9-22(16-29)25(32-11-13-38-5)14-19(2)33-28(37)35-12-8-10-21-15-23(24(17-31-4)20(3)30)26(18-36)34-27(21)35/h7,9,14-15,17-18,32H,6,8,10-13,30H2,1-5H3,(H,33,37)/b9-7+,19-14+,24-20?,25-22-,31-17?. The fourth-order valence-electron chi connectivity index (χ4n) is 3.95. The zero-order chi connectivity index (χ0) is 28.1. The molecular formula is C28H37N7O3. The van der Waals surface area contributed by atoms with Gasteiger partial charge in [0.1, 0.15) is 17.6 Å². The molecule has 0 fully saturated rings. The van der Waals surface area contributed by atoms with E-state index in [2.05, 4.69) is 26.7 Å². The molecule has 2 heterocycles. The highest BCUT2D eigenvalue weighted by atomic mass is 16.5. The monoisotopic (exact) mass is 519 g/mol. The Morgan fingerprint density at radius 1 is 1.39 bits per heavy atom. The quantitative estimate of drug-likeness (QED) is 0.133. The van der Waals surface area contributed by atoms with Crippen molar-refractivity contribution < 1.29 is 14.3 Å². The van der Waals surface area contributed by atoms with Crippen molar-refractivity contribution in [2.75, 3.05) is 38.8 Å². The Bertz CT molecular complexity index is 1220. The van der Waals surface area contributed by atoms with Crippen molar-refractivity contribution in [3.8, 4) is 6.07 Å². The molecule has 10 nitrogen and oxygen atoms in total. The van der Waals surface area contributed by atoms with Crippen LogP contribution >= 0.6 is 0 Å². The van der Waals surface area contributed by atoms with Crippen LogP contribution in [-0.4, -0.2) is 57.4 Å². The lowest BCUT2D eigenvalue weighted by atomic mass is 9.97.